The Hall–Kier alpha value is -1.35. The normalized spacial score (nSPS) is 10.3. The smallest absolute Gasteiger partial charge is 0.124 e. The molecule has 0 amide bonds. The molecule has 0 aliphatic rings. The van der Waals surface area contributed by atoms with Crippen molar-refractivity contribution < 1.29 is 4.39 Å². The van der Waals surface area contributed by atoms with Crippen molar-refractivity contribution in [2.75, 3.05) is 11.9 Å². The Balaban J connectivity index is 2.16. The maximum atomic E-state index is 13.0. The molecule has 0 aliphatic carbocycles. The molecule has 17 heavy (non-hydrogen) atoms. The van der Waals surface area contributed by atoms with Gasteiger partial charge in [0.1, 0.15) is 5.82 Å². The topological polar surface area (TPSA) is 3.24 Å². The Morgan fingerprint density at radius 1 is 1.12 bits per heavy atom. The molecule has 88 valence electrons. The van der Waals surface area contributed by atoms with Crippen molar-refractivity contribution in [3.8, 4) is 0 Å². The Kier molecular flexibility index (Phi) is 3.79. The molecule has 0 radical (unpaired) electrons. The fourth-order valence-electron chi connectivity index (χ4n) is 1.68. The van der Waals surface area contributed by atoms with E-state index in [1.165, 1.54) is 12.1 Å². The van der Waals surface area contributed by atoms with Crippen LogP contribution in [0.2, 0.25) is 0 Å². The molecule has 2 rings (SSSR count). The van der Waals surface area contributed by atoms with Crippen LogP contribution in [0.1, 0.15) is 5.56 Å². The van der Waals surface area contributed by atoms with Crippen LogP contribution in [0, 0.1) is 5.82 Å². The van der Waals surface area contributed by atoms with Gasteiger partial charge in [0.05, 0.1) is 0 Å². The lowest BCUT2D eigenvalue weighted by Crippen LogP contribution is -2.16. The van der Waals surface area contributed by atoms with E-state index in [1.807, 2.05) is 25.2 Å². The van der Waals surface area contributed by atoms with Gasteiger partial charge in [-0.1, -0.05) is 40.2 Å². The van der Waals surface area contributed by atoms with Gasteiger partial charge in [0, 0.05) is 23.8 Å². The average molecular weight is 294 g/mol. The second kappa shape index (κ2) is 5.32. The van der Waals surface area contributed by atoms with E-state index in [1.54, 1.807) is 6.07 Å². The summed E-state index contributed by atoms with van der Waals surface area (Å²) in [6.07, 6.45) is 0. The highest BCUT2D eigenvalue weighted by Gasteiger charge is 2.05. The molecule has 0 unspecified atom stereocenters. The van der Waals surface area contributed by atoms with Gasteiger partial charge in [0.25, 0.3) is 0 Å². The van der Waals surface area contributed by atoms with Gasteiger partial charge in [-0.2, -0.15) is 0 Å². The fourth-order valence-corrected chi connectivity index (χ4v) is 2.16. The lowest BCUT2D eigenvalue weighted by Gasteiger charge is -2.20. The zero-order valence-corrected chi connectivity index (χ0v) is 11.1. The van der Waals surface area contributed by atoms with Crippen molar-refractivity contribution in [1.82, 2.24) is 0 Å². The fraction of sp³-hybridized carbons (Fsp3) is 0.143. The third-order valence-corrected chi connectivity index (χ3v) is 3.36. The van der Waals surface area contributed by atoms with Gasteiger partial charge in [-0.05, 0) is 29.8 Å². The quantitative estimate of drug-likeness (QED) is 0.819. The van der Waals surface area contributed by atoms with E-state index < -0.39 is 0 Å². The van der Waals surface area contributed by atoms with E-state index in [4.69, 9.17) is 0 Å². The van der Waals surface area contributed by atoms with Crippen LogP contribution in [0.25, 0.3) is 0 Å². The van der Waals surface area contributed by atoms with E-state index >= 15 is 0 Å². The molecule has 1 nitrogen and oxygen atoms in total. The lowest BCUT2D eigenvalue weighted by atomic mass is 10.2. The molecule has 0 aromatic heterocycles. The van der Waals surface area contributed by atoms with Crippen molar-refractivity contribution in [3.05, 3.63) is 64.4 Å². The van der Waals surface area contributed by atoms with Crippen LogP contribution < -0.4 is 4.90 Å². The minimum absolute atomic E-state index is 0.219. The van der Waals surface area contributed by atoms with Crippen LogP contribution in [0.3, 0.4) is 0 Å². The first-order valence-electron chi connectivity index (χ1n) is 5.37. The van der Waals surface area contributed by atoms with E-state index in [0.29, 0.717) is 0 Å². The number of rotatable bonds is 3. The highest BCUT2D eigenvalue weighted by Crippen LogP contribution is 2.21. The van der Waals surface area contributed by atoms with Gasteiger partial charge in [-0.25, -0.2) is 4.39 Å². The number of para-hydroxylation sites is 1. The van der Waals surface area contributed by atoms with Gasteiger partial charge in [-0.3, -0.25) is 0 Å². The Labute approximate surface area is 109 Å². The van der Waals surface area contributed by atoms with Crippen LogP contribution in [-0.2, 0) is 6.54 Å². The molecule has 0 N–H and O–H groups in total. The van der Waals surface area contributed by atoms with Crippen LogP contribution in [0.5, 0.6) is 0 Å². The first-order chi connectivity index (χ1) is 8.16. The van der Waals surface area contributed by atoms with Crippen LogP contribution in [0.15, 0.2) is 53.0 Å². The van der Waals surface area contributed by atoms with E-state index in [9.17, 15) is 4.39 Å². The summed E-state index contributed by atoms with van der Waals surface area (Å²) in [5.74, 6) is -0.219. The standard InChI is InChI=1S/C14H13BrFN/c1-17(13-5-3-2-4-6-13)10-11-7-8-12(16)9-14(11)15/h2-9H,10H2,1H3. The summed E-state index contributed by atoms with van der Waals surface area (Å²) in [6.45, 7) is 0.741. The molecule has 0 heterocycles. The molecule has 0 aliphatic heterocycles. The summed E-state index contributed by atoms with van der Waals surface area (Å²) in [7, 11) is 2.02. The van der Waals surface area contributed by atoms with E-state index in [2.05, 4.69) is 33.0 Å². The monoisotopic (exact) mass is 293 g/mol. The van der Waals surface area contributed by atoms with E-state index in [0.717, 1.165) is 22.3 Å². The van der Waals surface area contributed by atoms with Gasteiger partial charge in [-0.15, -0.1) is 0 Å². The van der Waals surface area contributed by atoms with Crippen molar-refractivity contribution in [2.45, 2.75) is 6.54 Å². The average Bonchev–Trinajstić information content (AvgIpc) is 2.34. The zero-order valence-electron chi connectivity index (χ0n) is 9.53. The summed E-state index contributed by atoms with van der Waals surface area (Å²) in [4.78, 5) is 2.12. The van der Waals surface area contributed by atoms with Crippen molar-refractivity contribution >= 4 is 21.6 Å². The first-order valence-corrected chi connectivity index (χ1v) is 6.16. The van der Waals surface area contributed by atoms with Crippen molar-refractivity contribution in [1.29, 1.82) is 0 Å². The predicted octanol–water partition coefficient (Wildman–Crippen LogP) is 4.22. The van der Waals surface area contributed by atoms with Crippen LogP contribution >= 0.6 is 15.9 Å². The minimum Gasteiger partial charge on any atom is -0.370 e. The number of benzene rings is 2. The molecule has 3 heteroatoms. The van der Waals surface area contributed by atoms with Gasteiger partial charge < -0.3 is 4.90 Å². The predicted molar refractivity (Wildman–Crippen MR) is 72.6 cm³/mol. The molecule has 0 fully saturated rings. The maximum Gasteiger partial charge on any atom is 0.124 e. The number of nitrogens with zero attached hydrogens (tertiary/aromatic N) is 1. The third kappa shape index (κ3) is 3.07. The Morgan fingerprint density at radius 3 is 2.47 bits per heavy atom. The molecule has 0 spiro atoms. The van der Waals surface area contributed by atoms with Crippen molar-refractivity contribution in [2.24, 2.45) is 0 Å². The first kappa shape index (κ1) is 12.1. The Bertz CT molecular complexity index is 499. The molecule has 0 atom stereocenters. The molecule has 2 aromatic carbocycles. The molecule has 2 aromatic rings. The molecular weight excluding hydrogens is 281 g/mol. The summed E-state index contributed by atoms with van der Waals surface area (Å²) in [5, 5.41) is 0. The van der Waals surface area contributed by atoms with Gasteiger partial charge in [0.2, 0.25) is 0 Å². The van der Waals surface area contributed by atoms with Crippen LogP contribution in [-0.4, -0.2) is 7.05 Å². The van der Waals surface area contributed by atoms with Gasteiger partial charge >= 0.3 is 0 Å². The summed E-state index contributed by atoms with van der Waals surface area (Å²) < 4.78 is 13.8. The molecule has 0 bridgehead atoms. The molecular formula is C14H13BrFN. The maximum absolute atomic E-state index is 13.0. The highest BCUT2D eigenvalue weighted by molar-refractivity contribution is 9.10. The van der Waals surface area contributed by atoms with Crippen LogP contribution in [0.4, 0.5) is 10.1 Å². The summed E-state index contributed by atoms with van der Waals surface area (Å²) in [6, 6.07) is 14.9. The zero-order chi connectivity index (χ0) is 12.3. The third-order valence-electron chi connectivity index (χ3n) is 2.62. The van der Waals surface area contributed by atoms with Gasteiger partial charge in [0.15, 0.2) is 0 Å². The molecule has 0 saturated carbocycles. The highest BCUT2D eigenvalue weighted by atomic mass is 79.9. The summed E-state index contributed by atoms with van der Waals surface area (Å²) >= 11 is 3.38. The number of halogens is 2. The second-order valence-electron chi connectivity index (χ2n) is 3.93. The molecule has 0 saturated heterocycles. The minimum atomic E-state index is -0.219. The number of anilines is 1. The lowest BCUT2D eigenvalue weighted by molar-refractivity contribution is 0.626. The SMILES string of the molecule is CN(Cc1ccc(F)cc1Br)c1ccccc1. The van der Waals surface area contributed by atoms with Crippen molar-refractivity contribution in [3.63, 3.8) is 0 Å². The summed E-state index contributed by atoms with van der Waals surface area (Å²) in [5.41, 5.74) is 2.21. The number of hydrogen-bond donors (Lipinski definition) is 0. The number of hydrogen-bond acceptors (Lipinski definition) is 1. The Morgan fingerprint density at radius 2 is 1.82 bits per heavy atom. The largest absolute Gasteiger partial charge is 0.370 e. The van der Waals surface area contributed by atoms with E-state index in [-0.39, 0.29) is 5.82 Å². The second-order valence-corrected chi connectivity index (χ2v) is 4.78.